The number of benzene rings is 1. The Labute approximate surface area is 130 Å². The number of hydrogen-bond acceptors (Lipinski definition) is 4. The summed E-state index contributed by atoms with van der Waals surface area (Å²) in [7, 11) is 1.61. The second-order valence-electron chi connectivity index (χ2n) is 5.68. The second-order valence-corrected chi connectivity index (χ2v) is 5.68. The number of carbonyl (C=O) groups excluding carboxylic acids is 2. The summed E-state index contributed by atoms with van der Waals surface area (Å²) < 4.78 is 5.13. The van der Waals surface area contributed by atoms with Crippen LogP contribution in [0.25, 0.3) is 0 Å². The Morgan fingerprint density at radius 1 is 1.23 bits per heavy atom. The van der Waals surface area contributed by atoms with E-state index < -0.39 is 0 Å². The first kappa shape index (κ1) is 14.8. The summed E-state index contributed by atoms with van der Waals surface area (Å²) in [5, 5.41) is 3.23. The highest BCUT2D eigenvalue weighted by Crippen LogP contribution is 2.27. The minimum Gasteiger partial charge on any atom is -0.497 e. The van der Waals surface area contributed by atoms with E-state index in [1.54, 1.807) is 12.0 Å². The van der Waals surface area contributed by atoms with Crippen molar-refractivity contribution in [3.8, 4) is 5.75 Å². The summed E-state index contributed by atoms with van der Waals surface area (Å²) in [4.78, 5) is 28.3. The van der Waals surface area contributed by atoms with Crippen LogP contribution in [0.1, 0.15) is 6.42 Å². The maximum absolute atomic E-state index is 12.5. The molecule has 0 spiro atoms. The molecule has 6 heteroatoms. The Morgan fingerprint density at radius 3 is 2.55 bits per heavy atom. The van der Waals surface area contributed by atoms with E-state index in [1.807, 2.05) is 29.2 Å². The van der Waals surface area contributed by atoms with Crippen LogP contribution in [-0.2, 0) is 9.59 Å². The van der Waals surface area contributed by atoms with Crippen LogP contribution in [0.4, 0.5) is 5.69 Å². The Hall–Kier alpha value is -2.08. The summed E-state index contributed by atoms with van der Waals surface area (Å²) in [6, 6.07) is 7.37. The van der Waals surface area contributed by atoms with Crippen LogP contribution in [0.15, 0.2) is 24.3 Å². The zero-order valence-electron chi connectivity index (χ0n) is 12.7. The molecule has 6 nitrogen and oxygen atoms in total. The molecule has 2 aliphatic heterocycles. The van der Waals surface area contributed by atoms with E-state index in [0.29, 0.717) is 13.0 Å². The lowest BCUT2D eigenvalue weighted by Gasteiger charge is -2.29. The highest BCUT2D eigenvalue weighted by atomic mass is 16.5. The number of piperazine rings is 1. The van der Waals surface area contributed by atoms with Gasteiger partial charge in [-0.25, -0.2) is 0 Å². The lowest BCUT2D eigenvalue weighted by Crippen LogP contribution is -2.48. The fourth-order valence-electron chi connectivity index (χ4n) is 3.03. The fraction of sp³-hybridized carbons (Fsp3) is 0.500. The third-order valence-electron chi connectivity index (χ3n) is 4.29. The van der Waals surface area contributed by atoms with Crippen molar-refractivity contribution in [2.24, 2.45) is 5.92 Å². The summed E-state index contributed by atoms with van der Waals surface area (Å²) in [5.41, 5.74) is 0.821. The van der Waals surface area contributed by atoms with Crippen molar-refractivity contribution < 1.29 is 14.3 Å². The van der Waals surface area contributed by atoms with E-state index in [4.69, 9.17) is 4.74 Å². The maximum Gasteiger partial charge on any atom is 0.228 e. The van der Waals surface area contributed by atoms with Gasteiger partial charge in [0.15, 0.2) is 0 Å². The normalized spacial score (nSPS) is 22.0. The molecule has 1 aromatic rings. The lowest BCUT2D eigenvalue weighted by atomic mass is 10.1. The number of hydrogen-bond donors (Lipinski definition) is 1. The Bertz CT molecular complexity index is 552. The number of nitrogens with zero attached hydrogens (tertiary/aromatic N) is 2. The molecule has 2 aliphatic rings. The van der Waals surface area contributed by atoms with Crippen LogP contribution in [-0.4, -0.2) is 56.5 Å². The molecule has 0 saturated carbocycles. The molecular weight excluding hydrogens is 282 g/mol. The van der Waals surface area contributed by atoms with E-state index in [2.05, 4.69) is 5.32 Å². The number of nitrogens with one attached hydrogen (secondary N) is 1. The van der Waals surface area contributed by atoms with Gasteiger partial charge < -0.3 is 19.9 Å². The van der Waals surface area contributed by atoms with Crippen LogP contribution in [0.3, 0.4) is 0 Å². The minimum atomic E-state index is -0.229. The molecule has 3 rings (SSSR count). The average molecular weight is 303 g/mol. The van der Waals surface area contributed by atoms with Gasteiger partial charge in [-0.05, 0) is 24.3 Å². The van der Waals surface area contributed by atoms with Crippen molar-refractivity contribution in [1.29, 1.82) is 0 Å². The van der Waals surface area contributed by atoms with Gasteiger partial charge in [0.2, 0.25) is 11.8 Å². The standard InChI is InChI=1S/C16H21N3O3/c1-22-14-4-2-13(3-5-14)19-11-12(10-15(19)20)16(21)18-8-6-17-7-9-18/h2-5,12,17H,6-11H2,1H3/t12-/m0/s1. The van der Waals surface area contributed by atoms with Crippen LogP contribution in [0.2, 0.25) is 0 Å². The molecule has 0 aliphatic carbocycles. The Morgan fingerprint density at radius 2 is 1.91 bits per heavy atom. The van der Waals surface area contributed by atoms with Gasteiger partial charge in [0, 0.05) is 44.8 Å². The van der Waals surface area contributed by atoms with Gasteiger partial charge in [-0.2, -0.15) is 0 Å². The van der Waals surface area contributed by atoms with Crippen LogP contribution >= 0.6 is 0 Å². The van der Waals surface area contributed by atoms with Crippen molar-refractivity contribution in [2.45, 2.75) is 6.42 Å². The molecule has 0 radical (unpaired) electrons. The monoisotopic (exact) mass is 303 g/mol. The predicted molar refractivity (Wildman–Crippen MR) is 82.9 cm³/mol. The number of rotatable bonds is 3. The van der Waals surface area contributed by atoms with Crippen molar-refractivity contribution in [2.75, 3.05) is 44.7 Å². The third kappa shape index (κ3) is 2.92. The topological polar surface area (TPSA) is 61.9 Å². The number of amides is 2. The summed E-state index contributed by atoms with van der Waals surface area (Å²) >= 11 is 0. The Kier molecular flexibility index (Phi) is 4.29. The van der Waals surface area contributed by atoms with Gasteiger partial charge in [-0.3, -0.25) is 9.59 Å². The van der Waals surface area contributed by atoms with Crippen LogP contribution < -0.4 is 15.0 Å². The van der Waals surface area contributed by atoms with E-state index in [0.717, 1.165) is 37.6 Å². The molecule has 1 N–H and O–H groups in total. The molecule has 2 amide bonds. The van der Waals surface area contributed by atoms with Crippen LogP contribution in [0, 0.1) is 5.92 Å². The molecule has 0 aromatic heterocycles. The molecule has 2 fully saturated rings. The first-order chi connectivity index (χ1) is 10.7. The number of anilines is 1. The molecule has 2 heterocycles. The first-order valence-electron chi connectivity index (χ1n) is 7.63. The van der Waals surface area contributed by atoms with Crippen molar-refractivity contribution in [3.05, 3.63) is 24.3 Å². The molecule has 1 aromatic carbocycles. The van der Waals surface area contributed by atoms with Gasteiger partial charge in [0.1, 0.15) is 5.75 Å². The lowest BCUT2D eigenvalue weighted by molar-refractivity contribution is -0.136. The quantitative estimate of drug-likeness (QED) is 0.882. The Balaban J connectivity index is 1.68. The number of ether oxygens (including phenoxy) is 1. The van der Waals surface area contributed by atoms with Gasteiger partial charge in [0.05, 0.1) is 13.0 Å². The average Bonchev–Trinajstić information content (AvgIpc) is 2.97. The largest absolute Gasteiger partial charge is 0.497 e. The van der Waals surface area contributed by atoms with Gasteiger partial charge >= 0.3 is 0 Å². The van der Waals surface area contributed by atoms with Crippen molar-refractivity contribution in [3.63, 3.8) is 0 Å². The maximum atomic E-state index is 12.5. The highest BCUT2D eigenvalue weighted by Gasteiger charge is 2.37. The summed E-state index contributed by atoms with van der Waals surface area (Å²) in [5.74, 6) is 0.640. The molecule has 0 unspecified atom stereocenters. The van der Waals surface area contributed by atoms with Gasteiger partial charge in [-0.15, -0.1) is 0 Å². The zero-order valence-corrected chi connectivity index (χ0v) is 12.7. The first-order valence-corrected chi connectivity index (χ1v) is 7.63. The third-order valence-corrected chi connectivity index (χ3v) is 4.29. The molecule has 0 bridgehead atoms. The van der Waals surface area contributed by atoms with Crippen LogP contribution in [0.5, 0.6) is 5.75 Å². The SMILES string of the molecule is COc1ccc(N2C[C@@H](C(=O)N3CCNCC3)CC2=O)cc1. The second kappa shape index (κ2) is 6.36. The zero-order chi connectivity index (χ0) is 15.5. The molecule has 118 valence electrons. The van der Waals surface area contributed by atoms with Gasteiger partial charge in [0.25, 0.3) is 0 Å². The predicted octanol–water partition coefficient (Wildman–Crippen LogP) is 0.480. The molecule has 1 atom stereocenters. The van der Waals surface area contributed by atoms with E-state index >= 15 is 0 Å². The summed E-state index contributed by atoms with van der Waals surface area (Å²) in [6.45, 7) is 3.58. The molecular formula is C16H21N3O3. The van der Waals surface area contributed by atoms with E-state index in [9.17, 15) is 9.59 Å². The van der Waals surface area contributed by atoms with E-state index in [1.165, 1.54) is 0 Å². The smallest absolute Gasteiger partial charge is 0.228 e. The number of carbonyl (C=O) groups is 2. The number of methoxy groups -OCH3 is 1. The minimum absolute atomic E-state index is 0.0126. The van der Waals surface area contributed by atoms with Crippen molar-refractivity contribution in [1.82, 2.24) is 10.2 Å². The van der Waals surface area contributed by atoms with Crippen molar-refractivity contribution >= 4 is 17.5 Å². The molecule has 22 heavy (non-hydrogen) atoms. The fourth-order valence-corrected chi connectivity index (χ4v) is 3.03. The van der Waals surface area contributed by atoms with Gasteiger partial charge in [-0.1, -0.05) is 0 Å². The highest BCUT2D eigenvalue weighted by molar-refractivity contribution is 6.00. The summed E-state index contributed by atoms with van der Waals surface area (Å²) in [6.07, 6.45) is 0.300. The molecule has 2 saturated heterocycles. The van der Waals surface area contributed by atoms with E-state index in [-0.39, 0.29) is 17.7 Å².